The molecule has 7 nitrogen and oxygen atoms in total. The van der Waals surface area contributed by atoms with Crippen molar-refractivity contribution in [3.63, 3.8) is 0 Å². The number of methoxy groups -OCH3 is 1. The molecule has 2 rings (SSSR count). The van der Waals surface area contributed by atoms with E-state index in [4.69, 9.17) is 5.11 Å². The highest BCUT2D eigenvalue weighted by atomic mass is 79.9. The number of carbonyl (C=O) groups is 3. The van der Waals surface area contributed by atoms with Crippen LogP contribution in [0, 0.1) is 5.92 Å². The largest absolute Gasteiger partial charge is 0.476 e. The van der Waals surface area contributed by atoms with Gasteiger partial charge in [-0.2, -0.15) is 0 Å². The minimum absolute atomic E-state index is 0.00174. The van der Waals surface area contributed by atoms with Crippen LogP contribution in [0.3, 0.4) is 0 Å². The van der Waals surface area contributed by atoms with Crippen molar-refractivity contribution in [2.75, 3.05) is 18.6 Å². The van der Waals surface area contributed by atoms with Gasteiger partial charge in [-0.15, -0.1) is 0 Å². The lowest BCUT2D eigenvalue weighted by atomic mass is 10.1. The number of halogens is 1. The fraction of sp³-hybridized carbons (Fsp3) is 0.333. The molecule has 1 aromatic rings. The number of carbonyl (C=O) groups excluding carboxylic acids is 2. The number of pyridine rings is 1. The number of nitrogens with zero attached hydrogens (tertiary/aromatic N) is 2. The lowest BCUT2D eigenvalue weighted by Gasteiger charge is -2.18. The molecule has 0 saturated carbocycles. The summed E-state index contributed by atoms with van der Waals surface area (Å²) in [4.78, 5) is 39.7. The van der Waals surface area contributed by atoms with Crippen LogP contribution >= 0.6 is 15.9 Å². The van der Waals surface area contributed by atoms with Crippen molar-refractivity contribution >= 4 is 39.5 Å². The minimum Gasteiger partial charge on any atom is -0.476 e. The molecule has 0 bridgehead atoms. The molecule has 0 aliphatic carbocycles. The lowest BCUT2D eigenvalue weighted by Crippen LogP contribution is -2.28. The van der Waals surface area contributed by atoms with Gasteiger partial charge in [-0.3, -0.25) is 9.59 Å². The van der Waals surface area contributed by atoms with E-state index in [-0.39, 0.29) is 30.3 Å². The van der Waals surface area contributed by atoms with Crippen molar-refractivity contribution in [3.8, 4) is 0 Å². The Morgan fingerprint density at radius 2 is 2.25 bits per heavy atom. The van der Waals surface area contributed by atoms with E-state index in [1.807, 2.05) is 0 Å². The number of carboxylic acid groups (broad SMARTS) is 1. The molecule has 1 aromatic heterocycles. The van der Waals surface area contributed by atoms with Crippen LogP contribution in [0.4, 0.5) is 5.69 Å². The average molecular weight is 343 g/mol. The number of ether oxygens (including phenoxy) is 1. The Bertz CT molecular complexity index is 589. The van der Waals surface area contributed by atoms with Gasteiger partial charge in [-0.1, -0.05) is 0 Å². The minimum atomic E-state index is -1.23. The van der Waals surface area contributed by atoms with Gasteiger partial charge in [0.05, 0.1) is 18.7 Å². The van der Waals surface area contributed by atoms with Crippen LogP contribution < -0.4 is 4.90 Å². The molecule has 106 valence electrons. The van der Waals surface area contributed by atoms with E-state index < -0.39 is 17.9 Å². The molecule has 1 amide bonds. The second-order valence-corrected chi connectivity index (χ2v) is 5.17. The smallest absolute Gasteiger partial charge is 0.356 e. The summed E-state index contributed by atoms with van der Waals surface area (Å²) in [5.41, 5.74) is -0.0599. The fourth-order valence-electron chi connectivity index (χ4n) is 2.06. The van der Waals surface area contributed by atoms with Gasteiger partial charge < -0.3 is 14.7 Å². The molecule has 1 saturated heterocycles. The SMILES string of the molecule is COC(=O)C1CC(=O)N(c2cc(Br)cnc2C(=O)O)C1. The van der Waals surface area contributed by atoms with Gasteiger partial charge in [0.2, 0.25) is 5.91 Å². The Labute approximate surface area is 122 Å². The third-order valence-corrected chi connectivity index (χ3v) is 3.42. The van der Waals surface area contributed by atoms with E-state index in [0.717, 1.165) is 0 Å². The van der Waals surface area contributed by atoms with Gasteiger partial charge in [-0.25, -0.2) is 9.78 Å². The van der Waals surface area contributed by atoms with Gasteiger partial charge in [0, 0.05) is 23.6 Å². The molecule has 1 fully saturated rings. The van der Waals surface area contributed by atoms with E-state index in [1.165, 1.54) is 24.3 Å². The third kappa shape index (κ3) is 2.64. The number of amides is 1. The molecule has 0 spiro atoms. The monoisotopic (exact) mass is 342 g/mol. The Hall–Kier alpha value is -1.96. The van der Waals surface area contributed by atoms with Crippen LogP contribution in [0.1, 0.15) is 16.9 Å². The van der Waals surface area contributed by atoms with E-state index in [9.17, 15) is 14.4 Å². The zero-order valence-electron chi connectivity index (χ0n) is 10.5. The summed E-state index contributed by atoms with van der Waals surface area (Å²) in [6.45, 7) is 0.0872. The number of aromatic nitrogens is 1. The van der Waals surface area contributed by atoms with Crippen LogP contribution in [-0.2, 0) is 14.3 Å². The second kappa shape index (κ2) is 5.58. The summed E-state index contributed by atoms with van der Waals surface area (Å²) in [5.74, 6) is -2.64. The molecule has 0 radical (unpaired) electrons. The Balaban J connectivity index is 2.37. The first-order valence-electron chi connectivity index (χ1n) is 5.71. The average Bonchev–Trinajstić information content (AvgIpc) is 2.79. The summed E-state index contributed by atoms with van der Waals surface area (Å²) in [6, 6.07) is 1.49. The van der Waals surface area contributed by atoms with Gasteiger partial charge in [-0.05, 0) is 22.0 Å². The Morgan fingerprint density at radius 1 is 1.55 bits per heavy atom. The van der Waals surface area contributed by atoms with Crippen molar-refractivity contribution in [2.24, 2.45) is 5.92 Å². The summed E-state index contributed by atoms with van der Waals surface area (Å²) in [5, 5.41) is 9.12. The third-order valence-electron chi connectivity index (χ3n) is 2.99. The van der Waals surface area contributed by atoms with Gasteiger partial charge >= 0.3 is 11.9 Å². The molecule has 1 atom stereocenters. The molecule has 2 heterocycles. The lowest BCUT2D eigenvalue weighted by molar-refractivity contribution is -0.145. The summed E-state index contributed by atoms with van der Waals surface area (Å²) in [7, 11) is 1.25. The van der Waals surface area contributed by atoms with E-state index in [1.54, 1.807) is 0 Å². The number of hydrogen-bond donors (Lipinski definition) is 1. The van der Waals surface area contributed by atoms with Gasteiger partial charge in [0.25, 0.3) is 0 Å². The van der Waals surface area contributed by atoms with Crippen LogP contribution in [0.2, 0.25) is 0 Å². The topological polar surface area (TPSA) is 96.8 Å². The van der Waals surface area contributed by atoms with E-state index in [2.05, 4.69) is 25.7 Å². The Morgan fingerprint density at radius 3 is 2.85 bits per heavy atom. The number of carboxylic acids is 1. The van der Waals surface area contributed by atoms with Crippen molar-refractivity contribution in [1.82, 2.24) is 4.98 Å². The molecule has 8 heteroatoms. The quantitative estimate of drug-likeness (QED) is 0.825. The molecule has 1 aliphatic heterocycles. The number of rotatable bonds is 3. The van der Waals surface area contributed by atoms with E-state index >= 15 is 0 Å². The summed E-state index contributed by atoms with van der Waals surface area (Å²) >= 11 is 3.19. The molecule has 1 unspecified atom stereocenters. The fourth-order valence-corrected chi connectivity index (χ4v) is 2.38. The maximum Gasteiger partial charge on any atom is 0.356 e. The van der Waals surface area contributed by atoms with Gasteiger partial charge in [0.15, 0.2) is 5.69 Å². The predicted octanol–water partition coefficient (Wildman–Crippen LogP) is 1.07. The molecular weight excluding hydrogens is 332 g/mol. The second-order valence-electron chi connectivity index (χ2n) is 4.25. The number of hydrogen-bond acceptors (Lipinski definition) is 5. The number of esters is 1. The highest BCUT2D eigenvalue weighted by Crippen LogP contribution is 2.30. The highest BCUT2D eigenvalue weighted by Gasteiger charge is 2.37. The maximum absolute atomic E-state index is 12.0. The van der Waals surface area contributed by atoms with Crippen LogP contribution in [0.5, 0.6) is 0 Å². The maximum atomic E-state index is 12.0. The van der Waals surface area contributed by atoms with Crippen LogP contribution in [0.25, 0.3) is 0 Å². The first-order chi connectivity index (χ1) is 9.43. The zero-order chi connectivity index (χ0) is 14.9. The van der Waals surface area contributed by atoms with Crippen LogP contribution in [0.15, 0.2) is 16.7 Å². The summed E-state index contributed by atoms with van der Waals surface area (Å²) < 4.78 is 5.16. The number of anilines is 1. The Kier molecular flexibility index (Phi) is 4.03. The van der Waals surface area contributed by atoms with Crippen molar-refractivity contribution < 1.29 is 24.2 Å². The molecule has 0 aromatic carbocycles. The highest BCUT2D eigenvalue weighted by molar-refractivity contribution is 9.10. The van der Waals surface area contributed by atoms with Crippen molar-refractivity contribution in [2.45, 2.75) is 6.42 Å². The summed E-state index contributed by atoms with van der Waals surface area (Å²) in [6.07, 6.45) is 1.34. The number of aromatic carboxylic acids is 1. The van der Waals surface area contributed by atoms with E-state index in [0.29, 0.717) is 4.47 Å². The van der Waals surface area contributed by atoms with Crippen molar-refractivity contribution in [3.05, 3.63) is 22.4 Å². The molecule has 1 N–H and O–H groups in total. The zero-order valence-corrected chi connectivity index (χ0v) is 12.1. The standard InChI is InChI=1S/C12H11BrN2O5/c1-20-12(19)6-2-9(16)15(5-6)8-3-7(13)4-14-10(8)11(17)18/h3-4,6H,2,5H2,1H3,(H,17,18). The first kappa shape index (κ1) is 14.4. The molecule has 1 aliphatic rings. The molecule has 20 heavy (non-hydrogen) atoms. The van der Waals surface area contributed by atoms with Gasteiger partial charge in [0.1, 0.15) is 0 Å². The first-order valence-corrected chi connectivity index (χ1v) is 6.50. The van der Waals surface area contributed by atoms with Crippen molar-refractivity contribution in [1.29, 1.82) is 0 Å². The molecular formula is C12H11BrN2O5. The predicted molar refractivity (Wildman–Crippen MR) is 71.4 cm³/mol. The normalized spacial score (nSPS) is 18.2. The van der Waals surface area contributed by atoms with Crippen LogP contribution in [-0.4, -0.2) is 41.6 Å².